The molecule has 2 unspecified atom stereocenters. The number of thiophene rings is 1. The third-order valence-electron chi connectivity index (χ3n) is 4.61. The van der Waals surface area contributed by atoms with Crippen LogP contribution < -0.4 is 10.6 Å². The summed E-state index contributed by atoms with van der Waals surface area (Å²) in [7, 11) is 0. The Kier molecular flexibility index (Phi) is 3.43. The first-order valence-corrected chi connectivity index (χ1v) is 8.66. The van der Waals surface area contributed by atoms with E-state index in [4.69, 9.17) is 10.1 Å². The summed E-state index contributed by atoms with van der Waals surface area (Å²) in [6, 6.07) is 2.62. The van der Waals surface area contributed by atoms with Crippen LogP contribution >= 0.6 is 11.3 Å². The van der Waals surface area contributed by atoms with Gasteiger partial charge in [0.15, 0.2) is 5.82 Å². The fourth-order valence-electron chi connectivity index (χ4n) is 3.47. The molecule has 5 nitrogen and oxygen atoms in total. The van der Waals surface area contributed by atoms with Crippen molar-refractivity contribution in [3.05, 3.63) is 17.0 Å². The van der Waals surface area contributed by atoms with Crippen LogP contribution in [0, 0.1) is 12.8 Å². The van der Waals surface area contributed by atoms with Crippen molar-refractivity contribution in [1.82, 2.24) is 20.1 Å². The Labute approximate surface area is 128 Å². The number of rotatable bonds is 2. The predicted molar refractivity (Wildman–Crippen MR) is 85.8 cm³/mol. The molecule has 0 aliphatic carbocycles. The number of anilines is 1. The molecule has 2 N–H and O–H groups in total. The molecule has 1 fully saturated rings. The molecule has 0 aromatic carbocycles. The molecule has 2 aliphatic rings. The molecule has 2 aromatic rings. The Morgan fingerprint density at radius 1 is 1.33 bits per heavy atom. The highest BCUT2D eigenvalue weighted by Gasteiger charge is 2.31. The highest BCUT2D eigenvalue weighted by Crippen LogP contribution is 2.35. The predicted octanol–water partition coefficient (Wildman–Crippen LogP) is 2.67. The van der Waals surface area contributed by atoms with Gasteiger partial charge in [-0.05, 0) is 62.2 Å². The van der Waals surface area contributed by atoms with Gasteiger partial charge < -0.3 is 10.6 Å². The van der Waals surface area contributed by atoms with Crippen molar-refractivity contribution < 1.29 is 0 Å². The lowest BCUT2D eigenvalue weighted by Gasteiger charge is -2.33. The molecule has 0 amide bonds. The Morgan fingerprint density at radius 3 is 3.05 bits per heavy atom. The zero-order valence-electron chi connectivity index (χ0n) is 12.3. The van der Waals surface area contributed by atoms with Gasteiger partial charge in [0.25, 0.3) is 0 Å². The number of aryl methyl sites for hydroxylation is 1. The van der Waals surface area contributed by atoms with Gasteiger partial charge in [-0.15, -0.1) is 16.4 Å². The second-order valence-electron chi connectivity index (χ2n) is 6.03. The number of hydrogen-bond donors (Lipinski definition) is 2. The molecule has 4 rings (SSSR count). The fourth-order valence-corrected chi connectivity index (χ4v) is 4.32. The minimum Gasteiger partial charge on any atom is -0.354 e. The lowest BCUT2D eigenvalue weighted by atomic mass is 9.89. The van der Waals surface area contributed by atoms with E-state index < -0.39 is 0 Å². The normalized spacial score (nSPS) is 25.4. The smallest absolute Gasteiger partial charge is 0.222 e. The van der Waals surface area contributed by atoms with Gasteiger partial charge in [0.1, 0.15) is 0 Å². The molecular weight excluding hydrogens is 282 g/mol. The summed E-state index contributed by atoms with van der Waals surface area (Å²) >= 11 is 1.72. The van der Waals surface area contributed by atoms with Gasteiger partial charge in [-0.1, -0.05) is 0 Å². The highest BCUT2D eigenvalue weighted by molar-refractivity contribution is 7.13. The Morgan fingerprint density at radius 2 is 2.29 bits per heavy atom. The molecule has 0 radical (unpaired) electrons. The Hall–Kier alpha value is -1.40. The van der Waals surface area contributed by atoms with Gasteiger partial charge in [0, 0.05) is 6.54 Å². The van der Waals surface area contributed by atoms with E-state index in [0.29, 0.717) is 12.0 Å². The largest absolute Gasteiger partial charge is 0.354 e. The van der Waals surface area contributed by atoms with Crippen molar-refractivity contribution in [3.63, 3.8) is 0 Å². The van der Waals surface area contributed by atoms with Crippen molar-refractivity contribution in [2.45, 2.75) is 32.2 Å². The third kappa shape index (κ3) is 2.36. The van der Waals surface area contributed by atoms with E-state index in [0.717, 1.165) is 37.8 Å². The number of aromatic nitrogens is 3. The van der Waals surface area contributed by atoms with Crippen LogP contribution in [0.15, 0.2) is 11.4 Å². The van der Waals surface area contributed by atoms with Crippen molar-refractivity contribution in [3.8, 4) is 10.7 Å². The van der Waals surface area contributed by atoms with Crippen LogP contribution in [0.1, 0.15) is 30.9 Å². The minimum atomic E-state index is 0.482. The first kappa shape index (κ1) is 13.3. The first-order valence-electron chi connectivity index (χ1n) is 7.78. The van der Waals surface area contributed by atoms with Crippen LogP contribution in [-0.2, 0) is 0 Å². The van der Waals surface area contributed by atoms with E-state index in [9.17, 15) is 0 Å². The van der Waals surface area contributed by atoms with Crippen LogP contribution in [0.2, 0.25) is 0 Å². The van der Waals surface area contributed by atoms with E-state index in [1.807, 2.05) is 0 Å². The van der Waals surface area contributed by atoms with Crippen molar-refractivity contribution in [2.24, 2.45) is 5.92 Å². The molecule has 112 valence electrons. The summed E-state index contributed by atoms with van der Waals surface area (Å²) in [5.74, 6) is 2.50. The van der Waals surface area contributed by atoms with E-state index in [1.165, 1.54) is 23.3 Å². The Balaban J connectivity index is 1.68. The molecule has 0 bridgehead atoms. The number of nitrogens with zero attached hydrogens (tertiary/aromatic N) is 3. The Bertz CT molecular complexity index is 626. The van der Waals surface area contributed by atoms with Gasteiger partial charge in [0.2, 0.25) is 5.95 Å². The maximum atomic E-state index is 4.84. The topological polar surface area (TPSA) is 54.8 Å². The second-order valence-corrected chi connectivity index (χ2v) is 6.94. The summed E-state index contributed by atoms with van der Waals surface area (Å²) in [5, 5.41) is 13.9. The zero-order chi connectivity index (χ0) is 14.2. The molecule has 1 saturated heterocycles. The standard InChI is InChI=1S/C15H21N5S/c1-10-5-8-21-13(10)14-18-15-17-7-4-12(20(15)19-14)11-3-2-6-16-9-11/h5,8,11-12,16H,2-4,6-7,9H2,1H3,(H,17,18,19). The molecule has 0 spiro atoms. The zero-order valence-corrected chi connectivity index (χ0v) is 13.1. The van der Waals surface area contributed by atoms with Crippen LogP contribution in [0.25, 0.3) is 10.7 Å². The van der Waals surface area contributed by atoms with E-state index in [-0.39, 0.29) is 0 Å². The monoisotopic (exact) mass is 303 g/mol. The SMILES string of the molecule is Cc1ccsc1-c1nc2n(n1)C(C1CCCNC1)CCN2. The van der Waals surface area contributed by atoms with E-state index in [1.54, 1.807) is 11.3 Å². The van der Waals surface area contributed by atoms with Crippen molar-refractivity contribution in [2.75, 3.05) is 25.0 Å². The molecule has 2 aliphatic heterocycles. The molecule has 6 heteroatoms. The molecule has 4 heterocycles. The van der Waals surface area contributed by atoms with E-state index >= 15 is 0 Å². The fraction of sp³-hybridized carbons (Fsp3) is 0.600. The van der Waals surface area contributed by atoms with Gasteiger partial charge in [-0.25, -0.2) is 4.68 Å². The first-order chi connectivity index (χ1) is 10.3. The second kappa shape index (κ2) is 5.42. The molecule has 2 atom stereocenters. The molecule has 21 heavy (non-hydrogen) atoms. The maximum Gasteiger partial charge on any atom is 0.222 e. The summed E-state index contributed by atoms with van der Waals surface area (Å²) in [6.45, 7) is 5.40. The number of fused-ring (bicyclic) bond motifs is 1. The average molecular weight is 303 g/mol. The number of hydrogen-bond acceptors (Lipinski definition) is 5. The van der Waals surface area contributed by atoms with Gasteiger partial charge in [0.05, 0.1) is 10.9 Å². The van der Waals surface area contributed by atoms with Gasteiger partial charge in [-0.3, -0.25) is 0 Å². The van der Waals surface area contributed by atoms with Crippen LogP contribution in [0.5, 0.6) is 0 Å². The van der Waals surface area contributed by atoms with Crippen molar-refractivity contribution in [1.29, 1.82) is 0 Å². The van der Waals surface area contributed by atoms with Crippen LogP contribution in [0.4, 0.5) is 5.95 Å². The number of nitrogens with one attached hydrogen (secondary N) is 2. The van der Waals surface area contributed by atoms with Crippen LogP contribution in [0.3, 0.4) is 0 Å². The molecule has 2 aromatic heterocycles. The van der Waals surface area contributed by atoms with Crippen LogP contribution in [-0.4, -0.2) is 34.4 Å². The lowest BCUT2D eigenvalue weighted by molar-refractivity contribution is 0.235. The molecular formula is C15H21N5S. The average Bonchev–Trinajstić information content (AvgIpc) is 3.13. The van der Waals surface area contributed by atoms with Crippen molar-refractivity contribution >= 4 is 17.3 Å². The maximum absolute atomic E-state index is 4.84. The molecule has 0 saturated carbocycles. The number of piperidine rings is 1. The summed E-state index contributed by atoms with van der Waals surface area (Å²) in [6.07, 6.45) is 3.71. The third-order valence-corrected chi connectivity index (χ3v) is 5.63. The summed E-state index contributed by atoms with van der Waals surface area (Å²) < 4.78 is 2.15. The van der Waals surface area contributed by atoms with E-state index in [2.05, 4.69) is 33.7 Å². The highest BCUT2D eigenvalue weighted by atomic mass is 32.1. The lowest BCUT2D eigenvalue weighted by Crippen LogP contribution is -2.38. The quantitative estimate of drug-likeness (QED) is 0.895. The van der Waals surface area contributed by atoms with Gasteiger partial charge in [-0.2, -0.15) is 4.98 Å². The summed E-state index contributed by atoms with van der Waals surface area (Å²) in [5.41, 5.74) is 1.26. The summed E-state index contributed by atoms with van der Waals surface area (Å²) in [4.78, 5) is 5.92. The minimum absolute atomic E-state index is 0.482. The van der Waals surface area contributed by atoms with Gasteiger partial charge >= 0.3 is 0 Å².